The van der Waals surface area contributed by atoms with Crippen molar-refractivity contribution < 1.29 is 14.3 Å². The lowest BCUT2D eigenvalue weighted by Crippen LogP contribution is -2.51. The zero-order valence-corrected chi connectivity index (χ0v) is 13.7. The van der Waals surface area contributed by atoms with Crippen LogP contribution in [0.3, 0.4) is 0 Å². The highest BCUT2D eigenvalue weighted by Crippen LogP contribution is 2.27. The molecular weight excluding hydrogens is 266 g/mol. The minimum absolute atomic E-state index is 0.118. The molecule has 0 spiro atoms. The zero-order valence-electron chi connectivity index (χ0n) is 13.7. The van der Waals surface area contributed by atoms with E-state index in [1.54, 1.807) is 0 Å². The van der Waals surface area contributed by atoms with Gasteiger partial charge in [-0.2, -0.15) is 0 Å². The van der Waals surface area contributed by atoms with Gasteiger partial charge in [0.1, 0.15) is 5.54 Å². The normalized spacial score (nSPS) is 22.2. The van der Waals surface area contributed by atoms with Gasteiger partial charge in [0.25, 0.3) is 0 Å². The molecule has 0 aliphatic heterocycles. The Labute approximate surface area is 129 Å². The molecule has 1 N–H and O–H groups in total. The summed E-state index contributed by atoms with van der Waals surface area (Å²) in [5.41, 5.74) is -0.548. The van der Waals surface area contributed by atoms with E-state index in [0.29, 0.717) is 12.6 Å². The molecule has 0 bridgehead atoms. The predicted octanol–water partition coefficient (Wildman–Crippen LogP) is 3.05. The summed E-state index contributed by atoms with van der Waals surface area (Å²) in [6.45, 7) is 5.92. The van der Waals surface area contributed by atoms with Crippen LogP contribution in [0, 0.1) is 5.92 Å². The van der Waals surface area contributed by atoms with Crippen LogP contribution >= 0.6 is 0 Å². The van der Waals surface area contributed by atoms with E-state index in [1.165, 1.54) is 38.5 Å². The van der Waals surface area contributed by atoms with Crippen molar-refractivity contribution in [3.63, 3.8) is 0 Å². The molecule has 1 unspecified atom stereocenters. The van der Waals surface area contributed by atoms with Crippen LogP contribution in [0.15, 0.2) is 0 Å². The van der Waals surface area contributed by atoms with Crippen molar-refractivity contribution in [1.29, 1.82) is 0 Å². The van der Waals surface area contributed by atoms with E-state index in [-0.39, 0.29) is 5.97 Å². The highest BCUT2D eigenvalue weighted by atomic mass is 16.5. The fourth-order valence-electron chi connectivity index (χ4n) is 3.16. The van der Waals surface area contributed by atoms with Crippen LogP contribution in [0.5, 0.6) is 0 Å². The minimum atomic E-state index is -0.548. The Hall–Kier alpha value is -0.610. The summed E-state index contributed by atoms with van der Waals surface area (Å²) in [6.07, 6.45) is 9.41. The lowest BCUT2D eigenvalue weighted by Gasteiger charge is -2.28. The summed E-state index contributed by atoms with van der Waals surface area (Å²) in [6, 6.07) is 0.499. The number of carbonyl (C=O) groups is 1. The maximum absolute atomic E-state index is 12.2. The van der Waals surface area contributed by atoms with Gasteiger partial charge in [0.05, 0.1) is 6.61 Å². The molecule has 2 saturated carbocycles. The van der Waals surface area contributed by atoms with Gasteiger partial charge in [-0.25, -0.2) is 0 Å². The van der Waals surface area contributed by atoms with Crippen molar-refractivity contribution in [1.82, 2.24) is 5.32 Å². The third-order valence-corrected chi connectivity index (χ3v) is 4.62. The number of ether oxygens (including phenoxy) is 2. The third-order valence-electron chi connectivity index (χ3n) is 4.62. The van der Waals surface area contributed by atoms with E-state index in [1.807, 2.05) is 13.8 Å². The van der Waals surface area contributed by atoms with Gasteiger partial charge < -0.3 is 9.47 Å². The second-order valence-corrected chi connectivity index (χ2v) is 6.80. The molecule has 0 radical (unpaired) electrons. The fourth-order valence-corrected chi connectivity index (χ4v) is 3.16. The minimum Gasteiger partial charge on any atom is -0.465 e. The van der Waals surface area contributed by atoms with Crippen LogP contribution in [-0.2, 0) is 14.3 Å². The van der Waals surface area contributed by atoms with Crippen LogP contribution in [0.4, 0.5) is 0 Å². The van der Waals surface area contributed by atoms with Crippen molar-refractivity contribution in [2.24, 2.45) is 5.92 Å². The number of nitrogens with one attached hydrogen (secondary N) is 1. The first-order valence-electron chi connectivity index (χ1n) is 8.66. The quantitative estimate of drug-likeness (QED) is 0.497. The van der Waals surface area contributed by atoms with Crippen molar-refractivity contribution >= 4 is 5.97 Å². The number of hydrogen-bond acceptors (Lipinski definition) is 4. The maximum Gasteiger partial charge on any atom is 0.326 e. The van der Waals surface area contributed by atoms with Crippen molar-refractivity contribution in [3.05, 3.63) is 0 Å². The molecule has 0 aromatic carbocycles. The molecule has 1 atom stereocenters. The molecule has 2 fully saturated rings. The van der Waals surface area contributed by atoms with Gasteiger partial charge in [0.15, 0.2) is 0 Å². The number of hydrogen-bond donors (Lipinski definition) is 1. The Morgan fingerprint density at radius 2 is 1.95 bits per heavy atom. The topological polar surface area (TPSA) is 47.6 Å². The Balaban J connectivity index is 1.66. The number of esters is 1. The van der Waals surface area contributed by atoms with Crippen molar-refractivity contribution in [2.75, 3.05) is 19.8 Å². The smallest absolute Gasteiger partial charge is 0.326 e. The molecule has 2 aliphatic carbocycles. The predicted molar refractivity (Wildman–Crippen MR) is 83.2 cm³/mol. The molecule has 2 rings (SSSR count). The number of rotatable bonds is 10. The van der Waals surface area contributed by atoms with E-state index in [4.69, 9.17) is 9.47 Å². The summed E-state index contributed by atoms with van der Waals surface area (Å²) < 4.78 is 11.0. The lowest BCUT2D eigenvalue weighted by atomic mass is 9.95. The van der Waals surface area contributed by atoms with E-state index in [2.05, 4.69) is 5.32 Å². The van der Waals surface area contributed by atoms with Gasteiger partial charge in [-0.1, -0.05) is 12.8 Å². The lowest BCUT2D eigenvalue weighted by molar-refractivity contribution is -0.151. The Bertz CT molecular complexity index is 324. The van der Waals surface area contributed by atoms with Crippen molar-refractivity contribution in [3.8, 4) is 0 Å². The molecule has 4 heteroatoms. The summed E-state index contributed by atoms with van der Waals surface area (Å²) in [7, 11) is 0. The second kappa shape index (κ2) is 8.14. The van der Waals surface area contributed by atoms with Crippen molar-refractivity contribution in [2.45, 2.75) is 76.8 Å². The third kappa shape index (κ3) is 5.59. The Kier molecular flexibility index (Phi) is 6.49. The monoisotopic (exact) mass is 297 g/mol. The molecular formula is C17H31NO3. The summed E-state index contributed by atoms with van der Waals surface area (Å²) in [4.78, 5) is 12.2. The van der Waals surface area contributed by atoms with Crippen LogP contribution in [0.25, 0.3) is 0 Å². The van der Waals surface area contributed by atoms with Gasteiger partial charge in [-0.3, -0.25) is 10.1 Å². The summed E-state index contributed by atoms with van der Waals surface area (Å²) in [5, 5.41) is 3.45. The molecule has 0 aromatic rings. The van der Waals surface area contributed by atoms with Crippen LogP contribution < -0.4 is 5.32 Å². The van der Waals surface area contributed by atoms with Gasteiger partial charge in [-0.05, 0) is 58.3 Å². The van der Waals surface area contributed by atoms with Crippen LogP contribution in [0.1, 0.15) is 65.2 Å². The molecule has 2 aliphatic rings. The first kappa shape index (κ1) is 16.8. The molecule has 0 aromatic heterocycles. The SMILES string of the molecule is CCOC(=O)C(C)(CCCOCC1CCCC1)NC1CC1. The molecule has 122 valence electrons. The zero-order chi connectivity index (χ0) is 15.1. The Morgan fingerprint density at radius 3 is 2.57 bits per heavy atom. The highest BCUT2D eigenvalue weighted by molar-refractivity contribution is 5.80. The van der Waals surface area contributed by atoms with Gasteiger partial charge in [-0.15, -0.1) is 0 Å². The standard InChI is InChI=1S/C17H31NO3/c1-3-21-16(19)17(2,18-15-9-10-15)11-6-12-20-13-14-7-4-5-8-14/h14-15,18H,3-13H2,1-2H3. The van der Waals surface area contributed by atoms with Gasteiger partial charge in [0, 0.05) is 19.3 Å². The largest absolute Gasteiger partial charge is 0.465 e. The van der Waals surface area contributed by atoms with E-state index in [9.17, 15) is 4.79 Å². The second-order valence-electron chi connectivity index (χ2n) is 6.80. The summed E-state index contributed by atoms with van der Waals surface area (Å²) >= 11 is 0. The average Bonchev–Trinajstić information content (AvgIpc) is 3.11. The molecule has 0 heterocycles. The maximum atomic E-state index is 12.2. The number of carbonyl (C=O) groups excluding carboxylic acids is 1. The van der Waals surface area contributed by atoms with E-state index in [0.717, 1.165) is 32.0 Å². The molecule has 4 nitrogen and oxygen atoms in total. The van der Waals surface area contributed by atoms with Gasteiger partial charge >= 0.3 is 5.97 Å². The van der Waals surface area contributed by atoms with E-state index >= 15 is 0 Å². The molecule has 0 saturated heterocycles. The van der Waals surface area contributed by atoms with Crippen LogP contribution in [-0.4, -0.2) is 37.4 Å². The summed E-state index contributed by atoms with van der Waals surface area (Å²) in [5.74, 6) is 0.652. The molecule has 21 heavy (non-hydrogen) atoms. The first-order chi connectivity index (χ1) is 10.1. The van der Waals surface area contributed by atoms with E-state index < -0.39 is 5.54 Å². The first-order valence-corrected chi connectivity index (χ1v) is 8.66. The average molecular weight is 297 g/mol. The van der Waals surface area contributed by atoms with Gasteiger partial charge in [0.2, 0.25) is 0 Å². The molecule has 0 amide bonds. The fraction of sp³-hybridized carbons (Fsp3) is 0.941. The highest BCUT2D eigenvalue weighted by Gasteiger charge is 2.39. The van der Waals surface area contributed by atoms with Crippen LogP contribution in [0.2, 0.25) is 0 Å². The Morgan fingerprint density at radius 1 is 1.24 bits per heavy atom.